The normalized spacial score (nSPS) is 20.8. The van der Waals surface area contributed by atoms with Crippen LogP contribution < -0.4 is 10.1 Å². The lowest BCUT2D eigenvalue weighted by molar-refractivity contribution is -0.275. The van der Waals surface area contributed by atoms with Crippen LogP contribution in [0.1, 0.15) is 43.0 Å². The van der Waals surface area contributed by atoms with Crippen molar-refractivity contribution in [2.24, 2.45) is 5.41 Å². The van der Waals surface area contributed by atoms with Crippen molar-refractivity contribution >= 4 is 34.2 Å². The molecule has 10 nitrogen and oxygen atoms in total. The van der Waals surface area contributed by atoms with E-state index in [9.17, 15) is 31.9 Å². The maximum absolute atomic E-state index is 14.8. The molecule has 2 aromatic carbocycles. The largest absolute Gasteiger partial charge is 0.573 e. The summed E-state index contributed by atoms with van der Waals surface area (Å²) >= 11 is 0. The Morgan fingerprint density at radius 1 is 1.09 bits per heavy atom. The molecule has 1 aliphatic carbocycles. The number of ether oxygens (including phenoxy) is 1. The summed E-state index contributed by atoms with van der Waals surface area (Å²) in [5.41, 5.74) is 1.36. The van der Waals surface area contributed by atoms with Crippen molar-refractivity contribution in [1.82, 2.24) is 24.6 Å². The van der Waals surface area contributed by atoms with E-state index in [1.807, 2.05) is 6.92 Å². The number of nitrogens with zero attached hydrogens (tertiary/aromatic N) is 5. The fourth-order valence-corrected chi connectivity index (χ4v) is 5.88. The van der Waals surface area contributed by atoms with Gasteiger partial charge in [0.25, 0.3) is 0 Å². The van der Waals surface area contributed by atoms with Gasteiger partial charge in [0.05, 0.1) is 11.2 Å². The molecule has 0 bridgehead atoms. The van der Waals surface area contributed by atoms with Crippen LogP contribution in [-0.2, 0) is 16.1 Å². The molecule has 14 heteroatoms. The number of Topliss-reactive ketones (excluding diaryl/α,β-unsaturated/α-hetero) is 1. The number of aromatic nitrogens is 4. The van der Waals surface area contributed by atoms with Gasteiger partial charge in [0.15, 0.2) is 17.3 Å². The Bertz CT molecular complexity index is 1820. The summed E-state index contributed by atoms with van der Waals surface area (Å²) in [7, 11) is 0. The SMILES string of the molecule is CC(=O)c1nn(CC(=O)N2[C@H](C(=O)Nc3cccc(OC(F)(F)F)c3F)CC3(C)C[C@@H]23)c2ccc(-c3cnc(C)nc3)cc12. The van der Waals surface area contributed by atoms with Crippen LogP contribution >= 0.6 is 0 Å². The van der Waals surface area contributed by atoms with Gasteiger partial charge in [-0.25, -0.2) is 14.4 Å². The van der Waals surface area contributed by atoms with Crippen LogP contribution in [0.2, 0.25) is 0 Å². The van der Waals surface area contributed by atoms with Crippen molar-refractivity contribution in [3.8, 4) is 16.9 Å². The van der Waals surface area contributed by atoms with E-state index in [0.717, 1.165) is 29.3 Å². The van der Waals surface area contributed by atoms with E-state index in [1.54, 1.807) is 37.5 Å². The molecule has 6 rings (SSSR count). The number of halogens is 4. The third-order valence-corrected chi connectivity index (χ3v) is 8.16. The number of rotatable bonds is 7. The van der Waals surface area contributed by atoms with Gasteiger partial charge in [0.2, 0.25) is 11.8 Å². The summed E-state index contributed by atoms with van der Waals surface area (Å²) in [6.07, 6.45) is -0.838. The fourth-order valence-electron chi connectivity index (χ4n) is 5.88. The number of hydrogen-bond donors (Lipinski definition) is 1. The summed E-state index contributed by atoms with van der Waals surface area (Å²) in [6.45, 7) is 4.79. The molecular formula is C30H26F4N6O4. The molecule has 4 aromatic rings. The van der Waals surface area contributed by atoms with Crippen LogP contribution in [0.4, 0.5) is 23.2 Å². The molecule has 228 valence electrons. The highest BCUT2D eigenvalue weighted by atomic mass is 19.4. The smallest absolute Gasteiger partial charge is 0.403 e. The van der Waals surface area contributed by atoms with Gasteiger partial charge in [-0.15, -0.1) is 13.2 Å². The lowest BCUT2D eigenvalue weighted by Gasteiger charge is -2.27. The predicted molar refractivity (Wildman–Crippen MR) is 149 cm³/mol. The molecule has 1 N–H and O–H groups in total. The number of ketones is 1. The van der Waals surface area contributed by atoms with E-state index in [0.29, 0.717) is 23.1 Å². The Morgan fingerprint density at radius 3 is 2.50 bits per heavy atom. The number of nitrogens with one attached hydrogen (secondary N) is 1. The standard InChI is InChI=1S/C30H26F4N6O4/c1-15(41)27-19-9-17(18-12-35-16(2)36-13-18)7-8-21(19)39(38-27)14-25(42)40-22(10-29(3)11-24(29)40)28(43)37-20-5-4-6-23(26(20)31)44-30(32,33)34/h4-9,12-13,22,24H,10-11,14H2,1-3H3,(H,37,43)/t22-,24+,29?/m0/s1. The second-order valence-electron chi connectivity index (χ2n) is 11.4. The highest BCUT2D eigenvalue weighted by Crippen LogP contribution is 2.59. The van der Waals surface area contributed by atoms with Crippen LogP contribution in [0.3, 0.4) is 0 Å². The Labute approximate surface area is 248 Å². The molecular weight excluding hydrogens is 584 g/mol. The summed E-state index contributed by atoms with van der Waals surface area (Å²) in [4.78, 5) is 49.4. The van der Waals surface area contributed by atoms with Gasteiger partial charge in [0, 0.05) is 36.3 Å². The molecule has 1 aliphatic heterocycles. The number of alkyl halides is 3. The second-order valence-corrected chi connectivity index (χ2v) is 11.4. The number of likely N-dealkylation sites (tertiary alicyclic amines) is 1. The molecule has 2 fully saturated rings. The summed E-state index contributed by atoms with van der Waals surface area (Å²) in [5, 5.41) is 7.29. The van der Waals surface area contributed by atoms with Gasteiger partial charge >= 0.3 is 6.36 Å². The third-order valence-electron chi connectivity index (χ3n) is 8.16. The number of amides is 2. The van der Waals surface area contributed by atoms with Crippen molar-refractivity contribution in [3.05, 3.63) is 66.1 Å². The first-order valence-corrected chi connectivity index (χ1v) is 13.7. The maximum atomic E-state index is 14.8. The first-order valence-electron chi connectivity index (χ1n) is 13.7. The quantitative estimate of drug-likeness (QED) is 0.230. The summed E-state index contributed by atoms with van der Waals surface area (Å²) in [5.74, 6) is -3.35. The number of aryl methyl sites for hydroxylation is 1. The molecule has 1 unspecified atom stereocenters. The van der Waals surface area contributed by atoms with E-state index in [2.05, 4.69) is 25.1 Å². The predicted octanol–water partition coefficient (Wildman–Crippen LogP) is 5.06. The highest BCUT2D eigenvalue weighted by molar-refractivity contribution is 6.06. The summed E-state index contributed by atoms with van der Waals surface area (Å²) < 4.78 is 57.9. The average molecular weight is 611 g/mol. The Balaban J connectivity index is 1.26. The second kappa shape index (κ2) is 10.4. The maximum Gasteiger partial charge on any atom is 0.573 e. The molecule has 44 heavy (non-hydrogen) atoms. The van der Waals surface area contributed by atoms with Crippen molar-refractivity contribution in [2.75, 3.05) is 5.32 Å². The molecule has 1 saturated heterocycles. The molecule has 2 amide bonds. The first-order chi connectivity index (χ1) is 20.7. The molecule has 3 atom stereocenters. The van der Waals surface area contributed by atoms with Gasteiger partial charge in [-0.3, -0.25) is 19.1 Å². The highest BCUT2D eigenvalue weighted by Gasteiger charge is 2.64. The zero-order valence-electron chi connectivity index (χ0n) is 23.8. The summed E-state index contributed by atoms with van der Waals surface area (Å²) in [6, 6.07) is 7.09. The van der Waals surface area contributed by atoms with E-state index in [1.165, 1.54) is 16.5 Å². The number of hydrogen-bond acceptors (Lipinski definition) is 7. The third kappa shape index (κ3) is 5.35. The zero-order valence-corrected chi connectivity index (χ0v) is 23.8. The zero-order chi connectivity index (χ0) is 31.6. The van der Waals surface area contributed by atoms with E-state index in [4.69, 9.17) is 0 Å². The van der Waals surface area contributed by atoms with E-state index >= 15 is 0 Å². The van der Waals surface area contributed by atoms with Gasteiger partial charge in [-0.2, -0.15) is 5.10 Å². The van der Waals surface area contributed by atoms with Gasteiger partial charge in [-0.05, 0) is 55.0 Å². The molecule has 1 saturated carbocycles. The molecule has 0 spiro atoms. The van der Waals surface area contributed by atoms with Gasteiger partial charge in [-0.1, -0.05) is 19.1 Å². The van der Waals surface area contributed by atoms with Crippen LogP contribution in [0.25, 0.3) is 22.0 Å². The van der Waals surface area contributed by atoms with E-state index < -0.39 is 41.5 Å². The van der Waals surface area contributed by atoms with Crippen LogP contribution in [0, 0.1) is 18.2 Å². The monoisotopic (exact) mass is 610 g/mol. The van der Waals surface area contributed by atoms with E-state index in [-0.39, 0.29) is 35.9 Å². The first kappa shape index (κ1) is 29.2. The van der Waals surface area contributed by atoms with Crippen molar-refractivity contribution in [2.45, 2.75) is 58.6 Å². The van der Waals surface area contributed by atoms with Crippen LogP contribution in [0.15, 0.2) is 48.8 Å². The Hall–Kier alpha value is -4.88. The number of anilines is 1. The molecule has 2 aliphatic rings. The Morgan fingerprint density at radius 2 is 1.82 bits per heavy atom. The lowest BCUT2D eigenvalue weighted by Crippen LogP contribution is -2.46. The topological polar surface area (TPSA) is 119 Å². The van der Waals surface area contributed by atoms with Crippen molar-refractivity contribution < 1.29 is 36.7 Å². The molecule has 3 heterocycles. The number of fused-ring (bicyclic) bond motifs is 2. The average Bonchev–Trinajstić information content (AvgIpc) is 3.32. The minimum atomic E-state index is -5.12. The van der Waals surface area contributed by atoms with Crippen LogP contribution in [-0.4, -0.2) is 60.7 Å². The number of piperidine rings is 1. The molecule has 0 radical (unpaired) electrons. The number of carbonyl (C=O) groups is 3. The number of carbonyl (C=O) groups excluding carboxylic acids is 3. The molecule has 2 aromatic heterocycles. The van der Waals surface area contributed by atoms with Gasteiger partial charge < -0.3 is 15.0 Å². The minimum absolute atomic E-state index is 0.172. The fraction of sp³-hybridized carbons (Fsp3) is 0.333. The number of benzene rings is 2. The van der Waals surface area contributed by atoms with Gasteiger partial charge in [0.1, 0.15) is 24.1 Å². The lowest BCUT2D eigenvalue weighted by atomic mass is 10.0. The minimum Gasteiger partial charge on any atom is -0.403 e. The Kier molecular flexibility index (Phi) is 6.89. The van der Waals surface area contributed by atoms with Crippen molar-refractivity contribution in [1.29, 1.82) is 0 Å². The van der Waals surface area contributed by atoms with Crippen LogP contribution in [0.5, 0.6) is 5.75 Å². The van der Waals surface area contributed by atoms with Crippen molar-refractivity contribution in [3.63, 3.8) is 0 Å².